The molecule has 156 valence electrons. The van der Waals surface area contributed by atoms with Crippen molar-refractivity contribution in [1.29, 1.82) is 5.26 Å². The van der Waals surface area contributed by atoms with Crippen LogP contribution in [0.15, 0.2) is 24.3 Å². The van der Waals surface area contributed by atoms with E-state index in [2.05, 4.69) is 5.32 Å². The minimum atomic E-state index is -0.311. The standard InChI is InChI=1S/C22H23N3O4S/c23-13-15-5-7-16(8-6-15)29-14-19(26)24-21-20(17-3-1-2-4-18(17)30-21)22(27)25-9-11-28-12-10-25/h5-8H,1-4,9-12,14H2,(H,24,26). The normalized spacial score (nSPS) is 15.8. The van der Waals surface area contributed by atoms with E-state index in [1.54, 1.807) is 24.3 Å². The summed E-state index contributed by atoms with van der Waals surface area (Å²) in [5.74, 6) is 0.175. The van der Waals surface area contributed by atoms with Gasteiger partial charge in [-0.3, -0.25) is 9.59 Å². The van der Waals surface area contributed by atoms with Crippen LogP contribution in [0.4, 0.5) is 5.00 Å². The van der Waals surface area contributed by atoms with Crippen LogP contribution in [-0.2, 0) is 22.4 Å². The number of nitrogens with zero attached hydrogens (tertiary/aromatic N) is 2. The number of hydrogen-bond donors (Lipinski definition) is 1. The quantitative estimate of drug-likeness (QED) is 0.795. The van der Waals surface area contributed by atoms with Crippen LogP contribution in [0.5, 0.6) is 5.75 Å². The topological polar surface area (TPSA) is 91.7 Å². The Morgan fingerprint density at radius 3 is 2.63 bits per heavy atom. The Labute approximate surface area is 179 Å². The highest BCUT2D eigenvalue weighted by molar-refractivity contribution is 7.17. The van der Waals surface area contributed by atoms with Crippen molar-refractivity contribution < 1.29 is 19.1 Å². The Bertz CT molecular complexity index is 972. The van der Waals surface area contributed by atoms with E-state index in [1.165, 1.54) is 16.2 Å². The molecule has 1 aromatic heterocycles. The van der Waals surface area contributed by atoms with Crippen LogP contribution in [0.3, 0.4) is 0 Å². The van der Waals surface area contributed by atoms with Crippen LogP contribution in [0.2, 0.25) is 0 Å². The SMILES string of the molecule is N#Cc1ccc(OCC(=O)Nc2sc3c(c2C(=O)N2CCOCC2)CCCC3)cc1. The van der Waals surface area contributed by atoms with Crippen LogP contribution in [-0.4, -0.2) is 49.6 Å². The number of aryl methyl sites for hydroxylation is 1. The number of morpholine rings is 1. The fourth-order valence-electron chi connectivity index (χ4n) is 3.74. The van der Waals surface area contributed by atoms with Gasteiger partial charge in [0, 0.05) is 18.0 Å². The van der Waals surface area contributed by atoms with Gasteiger partial charge < -0.3 is 19.7 Å². The first-order valence-corrected chi connectivity index (χ1v) is 10.9. The van der Waals surface area contributed by atoms with E-state index in [-0.39, 0.29) is 18.4 Å². The summed E-state index contributed by atoms with van der Waals surface area (Å²) in [4.78, 5) is 28.8. The van der Waals surface area contributed by atoms with Gasteiger partial charge in [-0.25, -0.2) is 0 Å². The van der Waals surface area contributed by atoms with Gasteiger partial charge in [-0.1, -0.05) is 0 Å². The molecule has 1 aliphatic heterocycles. The Kier molecular flexibility index (Phi) is 6.31. The molecule has 0 bridgehead atoms. The fraction of sp³-hybridized carbons (Fsp3) is 0.409. The van der Waals surface area contributed by atoms with Crippen LogP contribution >= 0.6 is 11.3 Å². The molecule has 1 fully saturated rings. The molecule has 1 saturated heterocycles. The lowest BCUT2D eigenvalue weighted by atomic mass is 9.95. The molecule has 0 atom stereocenters. The minimum Gasteiger partial charge on any atom is -0.484 e. The summed E-state index contributed by atoms with van der Waals surface area (Å²) >= 11 is 1.51. The van der Waals surface area contributed by atoms with Gasteiger partial charge in [-0.2, -0.15) is 5.26 Å². The number of nitriles is 1. The van der Waals surface area contributed by atoms with E-state index >= 15 is 0 Å². The monoisotopic (exact) mass is 425 g/mol. The van der Waals surface area contributed by atoms with Gasteiger partial charge in [-0.05, 0) is 55.5 Å². The van der Waals surface area contributed by atoms with Crippen molar-refractivity contribution in [3.63, 3.8) is 0 Å². The van der Waals surface area contributed by atoms with Gasteiger partial charge in [-0.15, -0.1) is 11.3 Å². The number of benzene rings is 1. The Balaban J connectivity index is 1.48. The highest BCUT2D eigenvalue weighted by Gasteiger charge is 2.30. The van der Waals surface area contributed by atoms with Gasteiger partial charge in [0.25, 0.3) is 11.8 Å². The van der Waals surface area contributed by atoms with Crippen LogP contribution in [0, 0.1) is 11.3 Å². The van der Waals surface area contributed by atoms with E-state index < -0.39 is 0 Å². The molecule has 1 aromatic carbocycles. The van der Waals surface area contributed by atoms with Crippen LogP contribution < -0.4 is 10.1 Å². The molecule has 4 rings (SSSR count). The molecule has 0 spiro atoms. The molecule has 7 nitrogen and oxygen atoms in total. The van der Waals surface area contributed by atoms with Crippen LogP contribution in [0.1, 0.15) is 39.2 Å². The van der Waals surface area contributed by atoms with E-state index in [4.69, 9.17) is 14.7 Å². The summed E-state index contributed by atoms with van der Waals surface area (Å²) < 4.78 is 10.9. The van der Waals surface area contributed by atoms with E-state index in [0.717, 1.165) is 31.2 Å². The molecule has 0 radical (unpaired) electrons. The lowest BCUT2D eigenvalue weighted by Gasteiger charge is -2.27. The van der Waals surface area contributed by atoms with Gasteiger partial charge >= 0.3 is 0 Å². The predicted molar refractivity (Wildman–Crippen MR) is 113 cm³/mol. The molecule has 8 heteroatoms. The first-order valence-electron chi connectivity index (χ1n) is 10.1. The average molecular weight is 426 g/mol. The van der Waals surface area contributed by atoms with Crippen molar-refractivity contribution in [3.05, 3.63) is 45.8 Å². The van der Waals surface area contributed by atoms with E-state index in [0.29, 0.717) is 48.2 Å². The van der Waals surface area contributed by atoms with Gasteiger partial charge in [0.2, 0.25) is 0 Å². The minimum absolute atomic E-state index is 0.0268. The number of carbonyl (C=O) groups excluding carboxylic acids is 2. The van der Waals surface area contributed by atoms with Crippen molar-refractivity contribution in [2.24, 2.45) is 0 Å². The first-order chi connectivity index (χ1) is 14.7. The maximum atomic E-state index is 13.2. The third-order valence-electron chi connectivity index (χ3n) is 5.29. The maximum Gasteiger partial charge on any atom is 0.262 e. The van der Waals surface area contributed by atoms with E-state index in [1.807, 2.05) is 11.0 Å². The third kappa shape index (κ3) is 4.48. The number of rotatable bonds is 5. The third-order valence-corrected chi connectivity index (χ3v) is 6.50. The molecule has 1 aliphatic carbocycles. The van der Waals surface area contributed by atoms with Gasteiger partial charge in [0.05, 0.1) is 30.4 Å². The first kappa shape index (κ1) is 20.4. The molecular formula is C22H23N3O4S. The molecule has 2 heterocycles. The highest BCUT2D eigenvalue weighted by atomic mass is 32.1. The van der Waals surface area contributed by atoms with Crippen molar-refractivity contribution in [3.8, 4) is 11.8 Å². The second kappa shape index (κ2) is 9.28. The second-order valence-electron chi connectivity index (χ2n) is 7.29. The largest absolute Gasteiger partial charge is 0.484 e. The summed E-state index contributed by atoms with van der Waals surface area (Å²) in [6, 6.07) is 8.63. The number of thiophene rings is 1. The lowest BCUT2D eigenvalue weighted by Crippen LogP contribution is -2.41. The Hall–Kier alpha value is -2.89. The number of hydrogen-bond acceptors (Lipinski definition) is 6. The van der Waals surface area contributed by atoms with Crippen molar-refractivity contribution >= 4 is 28.2 Å². The molecular weight excluding hydrogens is 402 g/mol. The molecule has 0 unspecified atom stereocenters. The summed E-state index contributed by atoms with van der Waals surface area (Å²) in [7, 11) is 0. The second-order valence-corrected chi connectivity index (χ2v) is 8.40. The predicted octanol–water partition coefficient (Wildman–Crippen LogP) is 2.99. The van der Waals surface area contributed by atoms with Crippen molar-refractivity contribution in [1.82, 2.24) is 4.90 Å². The average Bonchev–Trinajstić information content (AvgIpc) is 3.15. The number of amides is 2. The Morgan fingerprint density at radius 2 is 1.90 bits per heavy atom. The number of carbonyl (C=O) groups is 2. The molecule has 2 aromatic rings. The summed E-state index contributed by atoms with van der Waals surface area (Å²) in [6.07, 6.45) is 3.98. The van der Waals surface area contributed by atoms with Crippen molar-refractivity contribution in [2.75, 3.05) is 38.2 Å². The Morgan fingerprint density at radius 1 is 1.17 bits per heavy atom. The molecule has 30 heavy (non-hydrogen) atoms. The zero-order valence-corrected chi connectivity index (χ0v) is 17.4. The molecule has 2 amide bonds. The number of anilines is 1. The zero-order chi connectivity index (χ0) is 20.9. The van der Waals surface area contributed by atoms with Crippen LogP contribution in [0.25, 0.3) is 0 Å². The summed E-state index contributed by atoms with van der Waals surface area (Å²) in [5.41, 5.74) is 2.26. The number of fused-ring (bicyclic) bond motifs is 1. The van der Waals surface area contributed by atoms with Gasteiger partial charge in [0.15, 0.2) is 6.61 Å². The molecule has 2 aliphatic rings. The van der Waals surface area contributed by atoms with Crippen molar-refractivity contribution in [2.45, 2.75) is 25.7 Å². The zero-order valence-electron chi connectivity index (χ0n) is 16.6. The number of nitrogens with one attached hydrogen (secondary N) is 1. The summed E-state index contributed by atoms with van der Waals surface area (Å²) in [5, 5.41) is 12.4. The highest BCUT2D eigenvalue weighted by Crippen LogP contribution is 2.39. The molecule has 1 N–H and O–H groups in total. The van der Waals surface area contributed by atoms with E-state index in [9.17, 15) is 9.59 Å². The number of ether oxygens (including phenoxy) is 2. The maximum absolute atomic E-state index is 13.2. The summed E-state index contributed by atoms with van der Waals surface area (Å²) in [6.45, 7) is 2.05. The molecule has 0 saturated carbocycles. The smallest absolute Gasteiger partial charge is 0.262 e. The lowest BCUT2D eigenvalue weighted by molar-refractivity contribution is -0.118. The van der Waals surface area contributed by atoms with Gasteiger partial charge in [0.1, 0.15) is 10.8 Å². The fourth-order valence-corrected chi connectivity index (χ4v) is 5.04.